The van der Waals surface area contributed by atoms with Crippen molar-refractivity contribution in [3.05, 3.63) is 32.5 Å². The molecular weight excluding hydrogens is 317 g/mol. The molecule has 2 unspecified atom stereocenters. The van der Waals surface area contributed by atoms with Crippen LogP contribution in [-0.4, -0.2) is 24.1 Å². The van der Waals surface area contributed by atoms with Crippen LogP contribution in [0.4, 0.5) is 15.8 Å². The van der Waals surface area contributed by atoms with Gasteiger partial charge in [0.15, 0.2) is 0 Å². The standard InChI is InChI=1S/C12H15BrFN3O2/c1-7-2-8(5-15)6-16(7)11-3-9(13)10(14)4-12(11)17(18)19/h3-4,7-8H,2,5-6,15H2,1H3. The van der Waals surface area contributed by atoms with Gasteiger partial charge in [-0.3, -0.25) is 10.1 Å². The summed E-state index contributed by atoms with van der Waals surface area (Å²) in [5.41, 5.74) is 5.90. The van der Waals surface area contributed by atoms with Gasteiger partial charge in [0, 0.05) is 12.6 Å². The summed E-state index contributed by atoms with van der Waals surface area (Å²) < 4.78 is 13.7. The fourth-order valence-electron chi connectivity index (χ4n) is 2.55. The molecule has 0 amide bonds. The molecule has 0 spiro atoms. The van der Waals surface area contributed by atoms with Gasteiger partial charge < -0.3 is 10.6 Å². The maximum absolute atomic E-state index is 13.5. The van der Waals surface area contributed by atoms with E-state index >= 15 is 0 Å². The van der Waals surface area contributed by atoms with Gasteiger partial charge in [-0.25, -0.2) is 4.39 Å². The zero-order valence-electron chi connectivity index (χ0n) is 10.5. The molecule has 0 radical (unpaired) electrons. The Morgan fingerprint density at radius 1 is 1.63 bits per heavy atom. The molecule has 1 fully saturated rings. The number of hydrogen-bond acceptors (Lipinski definition) is 4. The molecule has 5 nitrogen and oxygen atoms in total. The van der Waals surface area contributed by atoms with Gasteiger partial charge in [0.2, 0.25) is 0 Å². The Bertz CT molecular complexity index is 512. The van der Waals surface area contributed by atoms with Crippen molar-refractivity contribution in [2.45, 2.75) is 19.4 Å². The summed E-state index contributed by atoms with van der Waals surface area (Å²) in [4.78, 5) is 12.5. The number of hydrogen-bond donors (Lipinski definition) is 1. The first-order valence-corrected chi connectivity index (χ1v) is 6.83. The Labute approximate surface area is 118 Å². The Morgan fingerprint density at radius 2 is 2.32 bits per heavy atom. The highest BCUT2D eigenvalue weighted by Crippen LogP contribution is 2.38. The summed E-state index contributed by atoms with van der Waals surface area (Å²) in [5.74, 6) is -0.309. The van der Waals surface area contributed by atoms with Gasteiger partial charge in [0.25, 0.3) is 5.69 Å². The summed E-state index contributed by atoms with van der Waals surface area (Å²) in [6.07, 6.45) is 0.892. The molecule has 2 rings (SSSR count). The van der Waals surface area contributed by atoms with Crippen molar-refractivity contribution in [1.82, 2.24) is 0 Å². The third-order valence-electron chi connectivity index (χ3n) is 3.52. The normalized spacial score (nSPS) is 22.8. The predicted octanol–water partition coefficient (Wildman–Crippen LogP) is 2.67. The van der Waals surface area contributed by atoms with Crippen LogP contribution in [0.25, 0.3) is 0 Å². The second-order valence-corrected chi connectivity index (χ2v) is 5.71. The molecule has 2 N–H and O–H groups in total. The average Bonchev–Trinajstić information content (AvgIpc) is 2.73. The Morgan fingerprint density at radius 3 is 2.84 bits per heavy atom. The fraction of sp³-hybridized carbons (Fsp3) is 0.500. The molecule has 104 valence electrons. The molecule has 0 aliphatic carbocycles. The quantitative estimate of drug-likeness (QED) is 0.682. The van der Waals surface area contributed by atoms with E-state index in [9.17, 15) is 14.5 Å². The highest BCUT2D eigenvalue weighted by molar-refractivity contribution is 9.10. The number of anilines is 1. The lowest BCUT2D eigenvalue weighted by Gasteiger charge is -2.23. The van der Waals surface area contributed by atoms with Crippen molar-refractivity contribution in [2.24, 2.45) is 11.7 Å². The first-order valence-electron chi connectivity index (χ1n) is 6.04. The Kier molecular flexibility index (Phi) is 4.05. The van der Waals surface area contributed by atoms with Crippen LogP contribution in [0.1, 0.15) is 13.3 Å². The second-order valence-electron chi connectivity index (χ2n) is 4.85. The van der Waals surface area contributed by atoms with Crippen LogP contribution in [0.3, 0.4) is 0 Å². The number of nitro groups is 1. The molecule has 0 saturated carbocycles. The average molecular weight is 332 g/mol. The van der Waals surface area contributed by atoms with E-state index in [-0.39, 0.29) is 16.2 Å². The van der Waals surface area contributed by atoms with E-state index in [0.717, 1.165) is 12.5 Å². The highest BCUT2D eigenvalue weighted by Gasteiger charge is 2.33. The number of nitrogens with zero attached hydrogens (tertiary/aromatic N) is 2. The molecule has 1 heterocycles. The van der Waals surface area contributed by atoms with E-state index in [2.05, 4.69) is 15.9 Å². The van der Waals surface area contributed by atoms with Crippen molar-refractivity contribution in [3.63, 3.8) is 0 Å². The zero-order chi connectivity index (χ0) is 14.2. The van der Waals surface area contributed by atoms with Crippen LogP contribution in [0.2, 0.25) is 0 Å². The van der Waals surface area contributed by atoms with Crippen molar-refractivity contribution < 1.29 is 9.31 Å². The maximum Gasteiger partial charge on any atom is 0.295 e. The number of halogens is 2. The van der Waals surface area contributed by atoms with Crippen LogP contribution in [-0.2, 0) is 0 Å². The first kappa shape index (κ1) is 14.2. The van der Waals surface area contributed by atoms with Gasteiger partial charge in [0.05, 0.1) is 15.5 Å². The lowest BCUT2D eigenvalue weighted by Crippen LogP contribution is -2.28. The number of nitro benzene ring substituents is 1. The van der Waals surface area contributed by atoms with E-state index in [4.69, 9.17) is 5.73 Å². The number of benzene rings is 1. The molecule has 1 aromatic carbocycles. The Hall–Kier alpha value is -1.21. The molecule has 1 aromatic rings. The minimum absolute atomic E-state index is 0.157. The van der Waals surface area contributed by atoms with E-state index in [0.29, 0.717) is 24.7 Å². The van der Waals surface area contributed by atoms with Crippen LogP contribution in [0.5, 0.6) is 0 Å². The molecule has 1 aliphatic rings. The first-order chi connectivity index (χ1) is 8.93. The molecule has 1 saturated heterocycles. The van der Waals surface area contributed by atoms with E-state index in [1.807, 2.05) is 11.8 Å². The van der Waals surface area contributed by atoms with Gasteiger partial charge in [-0.1, -0.05) is 0 Å². The minimum Gasteiger partial charge on any atom is -0.363 e. The van der Waals surface area contributed by atoms with E-state index < -0.39 is 10.7 Å². The van der Waals surface area contributed by atoms with Crippen molar-refractivity contribution in [2.75, 3.05) is 18.0 Å². The third kappa shape index (κ3) is 2.71. The maximum atomic E-state index is 13.5. The summed E-state index contributed by atoms with van der Waals surface area (Å²) in [7, 11) is 0. The van der Waals surface area contributed by atoms with Crippen molar-refractivity contribution in [3.8, 4) is 0 Å². The molecule has 0 aromatic heterocycles. The van der Waals surface area contributed by atoms with Crippen LogP contribution in [0.15, 0.2) is 16.6 Å². The van der Waals surface area contributed by atoms with Crippen LogP contribution >= 0.6 is 15.9 Å². The molecule has 0 bridgehead atoms. The smallest absolute Gasteiger partial charge is 0.295 e. The van der Waals surface area contributed by atoms with E-state index in [1.165, 1.54) is 6.07 Å². The number of nitrogens with two attached hydrogens (primary N) is 1. The molecule has 2 atom stereocenters. The lowest BCUT2D eigenvalue weighted by atomic mass is 10.1. The SMILES string of the molecule is CC1CC(CN)CN1c1cc(Br)c(F)cc1[N+](=O)[O-]. The topological polar surface area (TPSA) is 72.4 Å². The van der Waals surface area contributed by atoms with Crippen molar-refractivity contribution >= 4 is 27.3 Å². The van der Waals surface area contributed by atoms with Gasteiger partial charge >= 0.3 is 0 Å². The predicted molar refractivity (Wildman–Crippen MR) is 74.7 cm³/mol. The van der Waals surface area contributed by atoms with Crippen LogP contribution in [0, 0.1) is 21.8 Å². The molecule has 19 heavy (non-hydrogen) atoms. The van der Waals surface area contributed by atoms with Crippen LogP contribution < -0.4 is 10.6 Å². The molecular formula is C12H15BrFN3O2. The zero-order valence-corrected chi connectivity index (χ0v) is 12.1. The van der Waals surface area contributed by atoms with E-state index in [1.54, 1.807) is 0 Å². The van der Waals surface area contributed by atoms with Gasteiger partial charge in [0.1, 0.15) is 11.5 Å². The minimum atomic E-state index is -0.627. The monoisotopic (exact) mass is 331 g/mol. The van der Waals surface area contributed by atoms with Gasteiger partial charge in [-0.15, -0.1) is 0 Å². The van der Waals surface area contributed by atoms with Gasteiger partial charge in [-0.2, -0.15) is 0 Å². The lowest BCUT2D eigenvalue weighted by molar-refractivity contribution is -0.384. The third-order valence-corrected chi connectivity index (χ3v) is 4.13. The highest BCUT2D eigenvalue weighted by atomic mass is 79.9. The number of rotatable bonds is 3. The second kappa shape index (κ2) is 5.42. The summed E-state index contributed by atoms with van der Waals surface area (Å²) in [6.45, 7) is 3.21. The summed E-state index contributed by atoms with van der Waals surface area (Å²) in [6, 6.07) is 2.59. The Balaban J connectivity index is 2.44. The van der Waals surface area contributed by atoms with Gasteiger partial charge in [-0.05, 0) is 47.8 Å². The fourth-order valence-corrected chi connectivity index (χ4v) is 2.88. The molecule has 1 aliphatic heterocycles. The largest absolute Gasteiger partial charge is 0.363 e. The van der Waals surface area contributed by atoms with Crippen molar-refractivity contribution in [1.29, 1.82) is 0 Å². The summed E-state index contributed by atoms with van der Waals surface area (Å²) >= 11 is 3.08. The summed E-state index contributed by atoms with van der Waals surface area (Å²) in [5, 5.41) is 11.1. The molecule has 7 heteroatoms.